The van der Waals surface area contributed by atoms with Crippen LogP contribution in [-0.4, -0.2) is 22.0 Å². The van der Waals surface area contributed by atoms with Gasteiger partial charge in [0.2, 0.25) is 5.91 Å². The first kappa shape index (κ1) is 24.0. The first-order valence-corrected chi connectivity index (χ1v) is 12.4. The van der Waals surface area contributed by atoms with Gasteiger partial charge in [0, 0.05) is 24.5 Å². The van der Waals surface area contributed by atoms with Crippen molar-refractivity contribution in [2.24, 2.45) is 0 Å². The Labute approximate surface area is 207 Å². The van der Waals surface area contributed by atoms with E-state index in [1.807, 2.05) is 30.3 Å². The summed E-state index contributed by atoms with van der Waals surface area (Å²) < 4.78 is 2.36. The van der Waals surface area contributed by atoms with Gasteiger partial charge in [0.15, 0.2) is 0 Å². The highest BCUT2D eigenvalue weighted by Gasteiger charge is 2.12. The molecule has 0 radical (unpaired) electrons. The predicted octanol–water partition coefficient (Wildman–Crippen LogP) is 6.43. The molecule has 0 spiro atoms. The average molecular weight is 474 g/mol. The molecule has 0 fully saturated rings. The molecule has 0 aliphatic carbocycles. The highest BCUT2D eigenvalue weighted by Crippen LogP contribution is 2.21. The van der Waals surface area contributed by atoms with Gasteiger partial charge >= 0.3 is 0 Å². The summed E-state index contributed by atoms with van der Waals surface area (Å²) in [5.41, 5.74) is 7.03. The molecule has 0 aliphatic rings. The summed E-state index contributed by atoms with van der Waals surface area (Å²) in [5, 5.41) is 3.66. The van der Waals surface area contributed by atoms with Crippen LogP contribution in [0.2, 0.25) is 5.02 Å². The van der Waals surface area contributed by atoms with E-state index in [-0.39, 0.29) is 5.91 Å². The van der Waals surface area contributed by atoms with E-state index in [0.717, 1.165) is 49.1 Å². The molecule has 4 nitrogen and oxygen atoms in total. The van der Waals surface area contributed by atoms with Crippen LogP contribution in [-0.2, 0) is 24.2 Å². The molecule has 0 saturated carbocycles. The second kappa shape index (κ2) is 11.3. The van der Waals surface area contributed by atoms with Crippen molar-refractivity contribution in [2.75, 3.05) is 6.54 Å². The number of imidazole rings is 1. The summed E-state index contributed by atoms with van der Waals surface area (Å²) in [6.45, 7) is 5.83. The highest BCUT2D eigenvalue weighted by molar-refractivity contribution is 6.31. The molecule has 4 aromatic rings. The number of carbonyl (C=O) groups excluding carboxylic acids is 1. The zero-order valence-corrected chi connectivity index (χ0v) is 20.7. The predicted molar refractivity (Wildman–Crippen MR) is 140 cm³/mol. The number of halogens is 1. The second-order valence-electron chi connectivity index (χ2n) is 8.96. The maximum absolute atomic E-state index is 12.2. The summed E-state index contributed by atoms with van der Waals surface area (Å²) in [4.78, 5) is 17.1. The standard InChI is InChI=1S/C29H32ClN3O/c1-21-15-16-22(2)24(18-21)20-33-27-13-8-7-12-26(27)32-28(33)14-4-3-9-17-31-29(34)19-23-10-5-6-11-25(23)30/h5-8,10-13,15-16,18H,3-4,9,14,17,19-20H2,1-2H3,(H,31,34). The molecular formula is C29H32ClN3O. The van der Waals surface area contributed by atoms with Crippen molar-refractivity contribution in [3.05, 3.63) is 99.8 Å². The minimum Gasteiger partial charge on any atom is -0.356 e. The molecule has 0 atom stereocenters. The summed E-state index contributed by atoms with van der Waals surface area (Å²) in [6.07, 6.45) is 4.27. The monoisotopic (exact) mass is 473 g/mol. The van der Waals surface area contributed by atoms with E-state index < -0.39 is 0 Å². The molecule has 1 aromatic heterocycles. The molecule has 3 aromatic carbocycles. The maximum atomic E-state index is 12.2. The van der Waals surface area contributed by atoms with E-state index >= 15 is 0 Å². The van der Waals surface area contributed by atoms with Gasteiger partial charge in [0.1, 0.15) is 5.82 Å². The van der Waals surface area contributed by atoms with Crippen LogP contribution in [0.3, 0.4) is 0 Å². The van der Waals surface area contributed by atoms with E-state index in [4.69, 9.17) is 16.6 Å². The highest BCUT2D eigenvalue weighted by atomic mass is 35.5. The molecular weight excluding hydrogens is 442 g/mol. The van der Waals surface area contributed by atoms with E-state index in [1.54, 1.807) is 0 Å². The van der Waals surface area contributed by atoms with E-state index in [1.165, 1.54) is 22.2 Å². The number of fused-ring (bicyclic) bond motifs is 1. The van der Waals surface area contributed by atoms with Crippen LogP contribution >= 0.6 is 11.6 Å². The first-order chi connectivity index (χ1) is 16.5. The number of benzene rings is 3. The van der Waals surface area contributed by atoms with Crippen molar-refractivity contribution >= 4 is 28.5 Å². The smallest absolute Gasteiger partial charge is 0.224 e. The van der Waals surface area contributed by atoms with Gasteiger partial charge in [-0.2, -0.15) is 0 Å². The molecule has 4 rings (SSSR count). The Balaban J connectivity index is 1.31. The minimum absolute atomic E-state index is 0.0171. The Hall–Kier alpha value is -3.11. The lowest BCUT2D eigenvalue weighted by atomic mass is 10.1. The van der Waals surface area contributed by atoms with Crippen molar-refractivity contribution in [3.63, 3.8) is 0 Å². The lowest BCUT2D eigenvalue weighted by molar-refractivity contribution is -0.120. The molecule has 1 N–H and O–H groups in total. The number of hydrogen-bond acceptors (Lipinski definition) is 2. The third kappa shape index (κ3) is 6.06. The molecule has 1 heterocycles. The van der Waals surface area contributed by atoms with Gasteiger partial charge in [0.25, 0.3) is 0 Å². The summed E-state index contributed by atoms with van der Waals surface area (Å²) in [7, 11) is 0. The number of nitrogens with one attached hydrogen (secondary N) is 1. The molecule has 176 valence electrons. The van der Waals surface area contributed by atoms with Gasteiger partial charge < -0.3 is 9.88 Å². The van der Waals surface area contributed by atoms with Crippen LogP contribution in [0, 0.1) is 13.8 Å². The number of aromatic nitrogens is 2. The van der Waals surface area contributed by atoms with Gasteiger partial charge in [-0.25, -0.2) is 4.98 Å². The zero-order chi connectivity index (χ0) is 23.9. The fourth-order valence-corrected chi connectivity index (χ4v) is 4.53. The fraction of sp³-hybridized carbons (Fsp3) is 0.310. The van der Waals surface area contributed by atoms with Crippen LogP contribution in [0.4, 0.5) is 0 Å². The molecule has 34 heavy (non-hydrogen) atoms. The zero-order valence-electron chi connectivity index (χ0n) is 20.0. The Kier molecular flexibility index (Phi) is 8.02. The van der Waals surface area contributed by atoms with E-state index in [0.29, 0.717) is 18.0 Å². The average Bonchev–Trinajstić information content (AvgIpc) is 3.17. The molecule has 5 heteroatoms. The van der Waals surface area contributed by atoms with E-state index in [2.05, 4.69) is 60.1 Å². The molecule has 0 aliphatic heterocycles. The van der Waals surface area contributed by atoms with Crippen molar-refractivity contribution < 1.29 is 4.79 Å². The minimum atomic E-state index is 0.0171. The Morgan fingerprint density at radius 1 is 0.941 bits per heavy atom. The number of carbonyl (C=O) groups is 1. The SMILES string of the molecule is Cc1ccc(C)c(Cn2c(CCCCCNC(=O)Cc3ccccc3Cl)nc3ccccc32)c1. The number of amides is 1. The largest absolute Gasteiger partial charge is 0.356 e. The number of para-hydroxylation sites is 2. The van der Waals surface area contributed by atoms with Gasteiger partial charge in [-0.1, -0.05) is 72.1 Å². The van der Waals surface area contributed by atoms with Gasteiger partial charge in [-0.05, 0) is 61.6 Å². The maximum Gasteiger partial charge on any atom is 0.224 e. The number of unbranched alkanes of at least 4 members (excludes halogenated alkanes) is 2. The van der Waals surface area contributed by atoms with Crippen molar-refractivity contribution in [1.29, 1.82) is 0 Å². The second-order valence-corrected chi connectivity index (χ2v) is 9.37. The van der Waals surface area contributed by atoms with Crippen LogP contribution in [0.15, 0.2) is 66.7 Å². The third-order valence-corrected chi connectivity index (χ3v) is 6.64. The van der Waals surface area contributed by atoms with Gasteiger partial charge in [-0.3, -0.25) is 4.79 Å². The quantitative estimate of drug-likeness (QED) is 0.270. The third-order valence-electron chi connectivity index (χ3n) is 6.27. The topological polar surface area (TPSA) is 46.9 Å². The van der Waals surface area contributed by atoms with Gasteiger partial charge in [-0.15, -0.1) is 0 Å². The van der Waals surface area contributed by atoms with Crippen molar-refractivity contribution in [3.8, 4) is 0 Å². The van der Waals surface area contributed by atoms with Gasteiger partial charge in [0.05, 0.1) is 17.5 Å². The summed E-state index contributed by atoms with van der Waals surface area (Å²) in [5.74, 6) is 1.15. The lowest BCUT2D eigenvalue weighted by Crippen LogP contribution is -2.26. The Morgan fingerprint density at radius 3 is 2.59 bits per heavy atom. The molecule has 0 saturated heterocycles. The number of hydrogen-bond donors (Lipinski definition) is 1. The Bertz CT molecular complexity index is 1280. The molecule has 0 bridgehead atoms. The van der Waals surface area contributed by atoms with Crippen LogP contribution in [0.5, 0.6) is 0 Å². The van der Waals surface area contributed by atoms with Crippen LogP contribution in [0.25, 0.3) is 11.0 Å². The number of nitrogens with zero attached hydrogens (tertiary/aromatic N) is 2. The normalized spacial score (nSPS) is 11.1. The molecule has 0 unspecified atom stereocenters. The summed E-state index contributed by atoms with van der Waals surface area (Å²) in [6, 6.07) is 22.5. The fourth-order valence-electron chi connectivity index (χ4n) is 4.32. The summed E-state index contributed by atoms with van der Waals surface area (Å²) >= 11 is 6.15. The van der Waals surface area contributed by atoms with Crippen molar-refractivity contribution in [2.45, 2.75) is 52.5 Å². The number of rotatable bonds is 10. The lowest BCUT2D eigenvalue weighted by Gasteiger charge is -2.12. The Morgan fingerprint density at radius 2 is 1.74 bits per heavy atom. The first-order valence-electron chi connectivity index (χ1n) is 12.0. The van der Waals surface area contributed by atoms with E-state index in [9.17, 15) is 4.79 Å². The van der Waals surface area contributed by atoms with Crippen LogP contribution < -0.4 is 5.32 Å². The van der Waals surface area contributed by atoms with Crippen LogP contribution in [0.1, 0.15) is 47.3 Å². The van der Waals surface area contributed by atoms with Crippen molar-refractivity contribution in [1.82, 2.24) is 14.9 Å². The number of aryl methyl sites for hydroxylation is 3. The molecule has 1 amide bonds.